The highest BCUT2D eigenvalue weighted by atomic mass is 16.5. The van der Waals surface area contributed by atoms with Crippen molar-refractivity contribution in [1.29, 1.82) is 0 Å². The molecule has 1 aromatic heterocycles. The molecule has 0 spiro atoms. The Balaban J connectivity index is 1.54. The molecule has 2 heterocycles. The molecule has 2 atom stereocenters. The van der Waals surface area contributed by atoms with Gasteiger partial charge in [0.1, 0.15) is 5.75 Å². The summed E-state index contributed by atoms with van der Waals surface area (Å²) in [5.74, 6) is 1.37. The molecule has 0 saturated carbocycles. The first-order valence-electron chi connectivity index (χ1n) is 9.30. The molecule has 26 heavy (non-hydrogen) atoms. The first-order valence-corrected chi connectivity index (χ1v) is 9.30. The third kappa shape index (κ3) is 4.10. The van der Waals surface area contributed by atoms with Crippen LogP contribution in [0.25, 0.3) is 0 Å². The van der Waals surface area contributed by atoms with Crippen LogP contribution >= 0.6 is 0 Å². The summed E-state index contributed by atoms with van der Waals surface area (Å²) < 4.78 is 10.7. The number of carbonyl (C=O) groups is 1. The molecule has 0 unspecified atom stereocenters. The molecular formula is C21H28N2O3. The van der Waals surface area contributed by atoms with Gasteiger partial charge in [0.25, 0.3) is 5.91 Å². The third-order valence-corrected chi connectivity index (χ3v) is 5.19. The van der Waals surface area contributed by atoms with Gasteiger partial charge in [0, 0.05) is 25.2 Å². The van der Waals surface area contributed by atoms with Crippen molar-refractivity contribution in [2.75, 3.05) is 26.7 Å². The zero-order valence-electron chi connectivity index (χ0n) is 15.9. The Labute approximate surface area is 155 Å². The van der Waals surface area contributed by atoms with Crippen LogP contribution in [0.3, 0.4) is 0 Å². The van der Waals surface area contributed by atoms with E-state index < -0.39 is 0 Å². The molecule has 0 aliphatic carbocycles. The monoisotopic (exact) mass is 356 g/mol. The van der Waals surface area contributed by atoms with Crippen molar-refractivity contribution in [3.05, 3.63) is 54.0 Å². The lowest BCUT2D eigenvalue weighted by molar-refractivity contribution is 0.0290. The van der Waals surface area contributed by atoms with Gasteiger partial charge in [-0.05, 0) is 57.0 Å². The summed E-state index contributed by atoms with van der Waals surface area (Å²) in [7, 11) is 1.72. The van der Waals surface area contributed by atoms with Crippen molar-refractivity contribution in [3.63, 3.8) is 0 Å². The molecule has 1 amide bonds. The molecule has 1 aromatic carbocycles. The first-order chi connectivity index (χ1) is 12.6. The van der Waals surface area contributed by atoms with Crippen LogP contribution in [0, 0.1) is 0 Å². The quantitative estimate of drug-likeness (QED) is 0.795. The molecule has 140 valence electrons. The van der Waals surface area contributed by atoms with E-state index in [0.29, 0.717) is 11.8 Å². The number of carbonyl (C=O) groups excluding carboxylic acids is 1. The minimum Gasteiger partial charge on any atom is -0.496 e. The van der Waals surface area contributed by atoms with Crippen LogP contribution in [-0.2, 0) is 6.42 Å². The highest BCUT2D eigenvalue weighted by Crippen LogP contribution is 2.21. The van der Waals surface area contributed by atoms with Crippen LogP contribution in [0.1, 0.15) is 36.4 Å². The predicted octanol–water partition coefficient (Wildman–Crippen LogP) is 3.46. The molecule has 0 bridgehead atoms. The van der Waals surface area contributed by atoms with Gasteiger partial charge in [-0.3, -0.25) is 9.69 Å². The average Bonchev–Trinajstić information content (AvgIpc) is 3.19. The standard InChI is InChI=1S/C21H28N2O3/c1-16-15-23(21(24)20-11-7-13-26-20)17(2)14-22(16)12-6-9-18-8-4-5-10-19(18)25-3/h4-5,7-8,10-11,13,16-17H,6,9,12,14-15H2,1-3H3/t16-,17+/m1/s1. The molecular weight excluding hydrogens is 328 g/mol. The summed E-state index contributed by atoms with van der Waals surface area (Å²) in [6, 6.07) is 12.2. The van der Waals surface area contributed by atoms with Crippen LogP contribution < -0.4 is 4.74 Å². The lowest BCUT2D eigenvalue weighted by Crippen LogP contribution is -2.58. The number of amides is 1. The van der Waals surface area contributed by atoms with Crippen molar-refractivity contribution < 1.29 is 13.9 Å². The van der Waals surface area contributed by atoms with Gasteiger partial charge < -0.3 is 14.1 Å². The number of hydrogen-bond donors (Lipinski definition) is 0. The molecule has 3 rings (SSSR count). The van der Waals surface area contributed by atoms with Gasteiger partial charge in [-0.15, -0.1) is 0 Å². The molecule has 1 saturated heterocycles. The van der Waals surface area contributed by atoms with Crippen LogP contribution in [0.4, 0.5) is 0 Å². The fraction of sp³-hybridized carbons (Fsp3) is 0.476. The van der Waals surface area contributed by atoms with Gasteiger partial charge in [0.05, 0.1) is 13.4 Å². The Morgan fingerprint density at radius 1 is 1.15 bits per heavy atom. The van der Waals surface area contributed by atoms with E-state index in [0.717, 1.165) is 38.2 Å². The minimum absolute atomic E-state index is 0.0111. The molecule has 5 nitrogen and oxygen atoms in total. The Hall–Kier alpha value is -2.27. The number of nitrogens with zero attached hydrogens (tertiary/aromatic N) is 2. The van der Waals surface area contributed by atoms with Crippen LogP contribution in [0.2, 0.25) is 0 Å². The van der Waals surface area contributed by atoms with E-state index in [9.17, 15) is 4.79 Å². The van der Waals surface area contributed by atoms with E-state index in [1.807, 2.05) is 17.0 Å². The number of furan rings is 1. The first kappa shape index (κ1) is 18.5. The van der Waals surface area contributed by atoms with Crippen LogP contribution in [0.5, 0.6) is 5.75 Å². The normalized spacial score (nSPS) is 21.0. The number of methoxy groups -OCH3 is 1. The Morgan fingerprint density at radius 3 is 2.69 bits per heavy atom. The number of benzene rings is 1. The molecule has 1 fully saturated rings. The van der Waals surface area contributed by atoms with E-state index in [1.54, 1.807) is 25.5 Å². The van der Waals surface area contributed by atoms with Gasteiger partial charge in [0.2, 0.25) is 0 Å². The van der Waals surface area contributed by atoms with E-state index in [1.165, 1.54) is 5.56 Å². The number of ether oxygens (including phenoxy) is 1. The third-order valence-electron chi connectivity index (χ3n) is 5.19. The van der Waals surface area contributed by atoms with E-state index in [4.69, 9.17) is 9.15 Å². The maximum atomic E-state index is 12.6. The van der Waals surface area contributed by atoms with Gasteiger partial charge >= 0.3 is 0 Å². The highest BCUT2D eigenvalue weighted by Gasteiger charge is 2.32. The van der Waals surface area contributed by atoms with Crippen LogP contribution in [0.15, 0.2) is 47.1 Å². The van der Waals surface area contributed by atoms with Crippen molar-refractivity contribution in [2.45, 2.75) is 38.8 Å². The summed E-state index contributed by atoms with van der Waals surface area (Å²) in [5.41, 5.74) is 1.25. The summed E-state index contributed by atoms with van der Waals surface area (Å²) in [6.07, 6.45) is 3.62. The molecule has 0 radical (unpaired) electrons. The zero-order valence-corrected chi connectivity index (χ0v) is 15.9. The lowest BCUT2D eigenvalue weighted by atomic mass is 10.0. The second-order valence-electron chi connectivity index (χ2n) is 7.04. The van der Waals surface area contributed by atoms with E-state index in [2.05, 4.69) is 30.9 Å². The molecule has 5 heteroatoms. The Morgan fingerprint density at radius 2 is 1.96 bits per heavy atom. The fourth-order valence-corrected chi connectivity index (χ4v) is 3.72. The number of aryl methyl sites for hydroxylation is 1. The van der Waals surface area contributed by atoms with E-state index >= 15 is 0 Å². The smallest absolute Gasteiger partial charge is 0.289 e. The lowest BCUT2D eigenvalue weighted by Gasteiger charge is -2.44. The minimum atomic E-state index is -0.0111. The SMILES string of the molecule is COc1ccccc1CCCN1C[C@H](C)N(C(=O)c2ccco2)C[C@H]1C. The Kier molecular flexibility index (Phi) is 5.99. The maximum Gasteiger partial charge on any atom is 0.289 e. The molecule has 1 aliphatic heterocycles. The largest absolute Gasteiger partial charge is 0.496 e. The fourth-order valence-electron chi connectivity index (χ4n) is 3.72. The van der Waals surface area contributed by atoms with Gasteiger partial charge in [-0.25, -0.2) is 0 Å². The van der Waals surface area contributed by atoms with E-state index in [-0.39, 0.29) is 11.9 Å². The van der Waals surface area contributed by atoms with Crippen molar-refractivity contribution in [1.82, 2.24) is 9.80 Å². The highest BCUT2D eigenvalue weighted by molar-refractivity contribution is 5.91. The summed E-state index contributed by atoms with van der Waals surface area (Å²) in [6.45, 7) is 6.94. The van der Waals surface area contributed by atoms with Gasteiger partial charge in [-0.2, -0.15) is 0 Å². The summed E-state index contributed by atoms with van der Waals surface area (Å²) in [5, 5.41) is 0. The maximum absolute atomic E-state index is 12.6. The van der Waals surface area contributed by atoms with Gasteiger partial charge in [0.15, 0.2) is 5.76 Å². The second kappa shape index (κ2) is 8.41. The van der Waals surface area contributed by atoms with Crippen molar-refractivity contribution >= 4 is 5.91 Å². The number of hydrogen-bond acceptors (Lipinski definition) is 4. The van der Waals surface area contributed by atoms with Crippen molar-refractivity contribution in [2.24, 2.45) is 0 Å². The summed E-state index contributed by atoms with van der Waals surface area (Å²) >= 11 is 0. The second-order valence-corrected chi connectivity index (χ2v) is 7.04. The number of piperazine rings is 1. The topological polar surface area (TPSA) is 45.9 Å². The Bertz CT molecular complexity index is 714. The van der Waals surface area contributed by atoms with Crippen LogP contribution in [-0.4, -0.2) is 54.5 Å². The molecule has 1 aliphatic rings. The molecule has 0 N–H and O–H groups in total. The van der Waals surface area contributed by atoms with Gasteiger partial charge in [-0.1, -0.05) is 18.2 Å². The average molecular weight is 356 g/mol. The summed E-state index contributed by atoms with van der Waals surface area (Å²) in [4.78, 5) is 17.0. The molecule has 2 aromatic rings. The predicted molar refractivity (Wildman–Crippen MR) is 102 cm³/mol. The number of para-hydroxylation sites is 1. The zero-order chi connectivity index (χ0) is 18.5. The van der Waals surface area contributed by atoms with Crippen molar-refractivity contribution in [3.8, 4) is 5.75 Å². The number of rotatable bonds is 6.